The van der Waals surface area contributed by atoms with Crippen LogP contribution in [0, 0.1) is 0 Å². The van der Waals surface area contributed by atoms with E-state index in [1.165, 1.54) is 0 Å². The normalized spacial score (nSPS) is 10.3. The van der Waals surface area contributed by atoms with Gasteiger partial charge in [0, 0.05) is 24.3 Å². The molecular weight excluding hydrogens is 295 g/mol. The fourth-order valence-corrected chi connectivity index (χ4v) is 2.30. The third kappa shape index (κ3) is 3.44. The molecule has 2 aromatic carbocycles. The SMILES string of the molecule is CN(Cc1cccc(Cl)c1)C(=O)c1cc(N)ccc1Cl. The Morgan fingerprint density at radius 2 is 1.95 bits per heavy atom. The minimum atomic E-state index is -0.178. The van der Waals surface area contributed by atoms with Crippen LogP contribution >= 0.6 is 23.2 Å². The average Bonchev–Trinajstić information content (AvgIpc) is 2.40. The zero-order chi connectivity index (χ0) is 14.7. The minimum Gasteiger partial charge on any atom is -0.399 e. The van der Waals surface area contributed by atoms with E-state index < -0.39 is 0 Å². The molecule has 0 aliphatic heterocycles. The summed E-state index contributed by atoms with van der Waals surface area (Å²) >= 11 is 12.0. The lowest BCUT2D eigenvalue weighted by atomic mass is 10.1. The van der Waals surface area contributed by atoms with Crippen LogP contribution in [0.15, 0.2) is 42.5 Å². The van der Waals surface area contributed by atoms with Crippen molar-refractivity contribution in [2.75, 3.05) is 12.8 Å². The summed E-state index contributed by atoms with van der Waals surface area (Å²) in [4.78, 5) is 13.9. The van der Waals surface area contributed by atoms with Gasteiger partial charge in [0.15, 0.2) is 0 Å². The van der Waals surface area contributed by atoms with Gasteiger partial charge >= 0.3 is 0 Å². The highest BCUT2D eigenvalue weighted by atomic mass is 35.5. The highest BCUT2D eigenvalue weighted by Crippen LogP contribution is 2.21. The number of rotatable bonds is 3. The Morgan fingerprint density at radius 1 is 1.20 bits per heavy atom. The number of anilines is 1. The summed E-state index contributed by atoms with van der Waals surface area (Å²) in [6, 6.07) is 12.3. The van der Waals surface area contributed by atoms with Crippen LogP contribution in [0.3, 0.4) is 0 Å². The monoisotopic (exact) mass is 308 g/mol. The smallest absolute Gasteiger partial charge is 0.255 e. The maximum Gasteiger partial charge on any atom is 0.255 e. The van der Waals surface area contributed by atoms with Gasteiger partial charge in [-0.3, -0.25) is 4.79 Å². The van der Waals surface area contributed by atoms with E-state index in [2.05, 4.69) is 0 Å². The maximum absolute atomic E-state index is 12.4. The van der Waals surface area contributed by atoms with E-state index >= 15 is 0 Å². The summed E-state index contributed by atoms with van der Waals surface area (Å²) in [6.45, 7) is 0.449. The van der Waals surface area contributed by atoms with E-state index in [0.717, 1.165) is 5.56 Å². The van der Waals surface area contributed by atoms with Gasteiger partial charge in [-0.25, -0.2) is 0 Å². The molecule has 0 spiro atoms. The highest BCUT2D eigenvalue weighted by Gasteiger charge is 2.15. The van der Waals surface area contributed by atoms with Crippen molar-refractivity contribution in [3.05, 3.63) is 63.6 Å². The van der Waals surface area contributed by atoms with Gasteiger partial charge in [0.25, 0.3) is 5.91 Å². The molecule has 0 aliphatic carbocycles. The zero-order valence-electron chi connectivity index (χ0n) is 10.9. The summed E-state index contributed by atoms with van der Waals surface area (Å²) in [5.41, 5.74) is 7.55. The molecule has 0 aromatic heterocycles. The molecule has 1 amide bonds. The first kappa shape index (κ1) is 14.7. The number of amides is 1. The van der Waals surface area contributed by atoms with Crippen molar-refractivity contribution in [2.24, 2.45) is 0 Å². The lowest BCUT2D eigenvalue weighted by molar-refractivity contribution is 0.0785. The first-order valence-corrected chi connectivity index (χ1v) is 6.78. The number of hydrogen-bond donors (Lipinski definition) is 1. The lowest BCUT2D eigenvalue weighted by Crippen LogP contribution is -2.26. The molecule has 0 fully saturated rings. The summed E-state index contributed by atoms with van der Waals surface area (Å²) in [5, 5.41) is 1.03. The van der Waals surface area contributed by atoms with Crippen LogP contribution in [-0.2, 0) is 6.54 Å². The summed E-state index contributed by atoms with van der Waals surface area (Å²) in [6.07, 6.45) is 0. The van der Waals surface area contributed by atoms with Crippen LogP contribution in [-0.4, -0.2) is 17.9 Å². The number of halogens is 2. The molecular formula is C15H14Cl2N2O. The number of nitrogen functional groups attached to an aromatic ring is 1. The number of carbonyl (C=O) groups is 1. The largest absolute Gasteiger partial charge is 0.399 e. The van der Waals surface area contributed by atoms with Crippen molar-refractivity contribution in [2.45, 2.75) is 6.54 Å². The topological polar surface area (TPSA) is 46.3 Å². The summed E-state index contributed by atoms with van der Waals surface area (Å²) in [7, 11) is 1.71. The van der Waals surface area contributed by atoms with Crippen molar-refractivity contribution < 1.29 is 4.79 Å². The number of nitrogens with zero attached hydrogens (tertiary/aromatic N) is 1. The van der Waals surface area contributed by atoms with Gasteiger partial charge in [0.05, 0.1) is 10.6 Å². The van der Waals surface area contributed by atoms with Gasteiger partial charge in [-0.2, -0.15) is 0 Å². The van der Waals surface area contributed by atoms with E-state index in [1.807, 2.05) is 18.2 Å². The first-order chi connectivity index (χ1) is 9.47. The molecule has 5 heteroatoms. The Balaban J connectivity index is 2.18. The van der Waals surface area contributed by atoms with Crippen LogP contribution < -0.4 is 5.73 Å². The Morgan fingerprint density at radius 3 is 2.65 bits per heavy atom. The van der Waals surface area contributed by atoms with Gasteiger partial charge in [-0.15, -0.1) is 0 Å². The van der Waals surface area contributed by atoms with Crippen LogP contribution in [0.2, 0.25) is 10.0 Å². The standard InChI is InChI=1S/C15H14Cl2N2O/c1-19(9-10-3-2-4-11(16)7-10)15(20)13-8-12(18)5-6-14(13)17/h2-8H,9,18H2,1H3. The maximum atomic E-state index is 12.4. The first-order valence-electron chi connectivity index (χ1n) is 6.02. The molecule has 104 valence electrons. The highest BCUT2D eigenvalue weighted by molar-refractivity contribution is 6.34. The molecule has 0 saturated heterocycles. The minimum absolute atomic E-state index is 0.178. The summed E-state index contributed by atoms with van der Waals surface area (Å²) in [5.74, 6) is -0.178. The molecule has 2 rings (SSSR count). The van der Waals surface area contributed by atoms with Gasteiger partial charge < -0.3 is 10.6 Å². The van der Waals surface area contributed by atoms with Gasteiger partial charge in [-0.05, 0) is 35.9 Å². The predicted molar refractivity (Wildman–Crippen MR) is 83.1 cm³/mol. The second-order valence-electron chi connectivity index (χ2n) is 4.53. The molecule has 2 aromatic rings. The van der Waals surface area contributed by atoms with Crippen LogP contribution in [0.25, 0.3) is 0 Å². The van der Waals surface area contributed by atoms with Crippen molar-refractivity contribution in [1.29, 1.82) is 0 Å². The number of nitrogens with two attached hydrogens (primary N) is 1. The van der Waals surface area contributed by atoms with Crippen molar-refractivity contribution in [1.82, 2.24) is 4.90 Å². The van der Waals surface area contributed by atoms with E-state index in [1.54, 1.807) is 36.2 Å². The zero-order valence-corrected chi connectivity index (χ0v) is 12.4. The Kier molecular flexibility index (Phi) is 4.53. The molecule has 2 N–H and O–H groups in total. The summed E-state index contributed by atoms with van der Waals surface area (Å²) < 4.78 is 0. The van der Waals surface area contributed by atoms with E-state index in [4.69, 9.17) is 28.9 Å². The number of carbonyl (C=O) groups excluding carboxylic acids is 1. The molecule has 0 saturated carbocycles. The molecule has 0 bridgehead atoms. The van der Waals surface area contributed by atoms with Gasteiger partial charge in [-0.1, -0.05) is 35.3 Å². The van der Waals surface area contributed by atoms with E-state index in [-0.39, 0.29) is 5.91 Å². The van der Waals surface area contributed by atoms with Gasteiger partial charge in [0.2, 0.25) is 0 Å². The van der Waals surface area contributed by atoms with Crippen molar-refractivity contribution in [3.63, 3.8) is 0 Å². The molecule has 0 atom stereocenters. The fraction of sp³-hybridized carbons (Fsp3) is 0.133. The Hall–Kier alpha value is -1.71. The van der Waals surface area contributed by atoms with E-state index in [9.17, 15) is 4.79 Å². The quantitative estimate of drug-likeness (QED) is 0.875. The predicted octanol–water partition coefficient (Wildman–Crippen LogP) is 3.85. The van der Waals surface area contributed by atoms with Gasteiger partial charge in [0.1, 0.15) is 0 Å². The second kappa shape index (κ2) is 6.16. The van der Waals surface area contributed by atoms with E-state index in [0.29, 0.717) is 27.8 Å². The Bertz CT molecular complexity index is 644. The second-order valence-corrected chi connectivity index (χ2v) is 5.37. The Labute approximate surface area is 127 Å². The molecule has 3 nitrogen and oxygen atoms in total. The van der Waals surface area contributed by atoms with Crippen LogP contribution in [0.5, 0.6) is 0 Å². The third-order valence-electron chi connectivity index (χ3n) is 2.88. The molecule has 0 radical (unpaired) electrons. The van der Waals surface area contributed by atoms with Crippen molar-refractivity contribution in [3.8, 4) is 0 Å². The molecule has 0 heterocycles. The number of hydrogen-bond acceptors (Lipinski definition) is 2. The van der Waals surface area contributed by atoms with Crippen LogP contribution in [0.4, 0.5) is 5.69 Å². The average molecular weight is 309 g/mol. The molecule has 0 aliphatic rings. The fourth-order valence-electron chi connectivity index (χ4n) is 1.89. The molecule has 20 heavy (non-hydrogen) atoms. The molecule has 0 unspecified atom stereocenters. The van der Waals surface area contributed by atoms with Crippen molar-refractivity contribution >= 4 is 34.8 Å². The lowest BCUT2D eigenvalue weighted by Gasteiger charge is -2.18. The third-order valence-corrected chi connectivity index (χ3v) is 3.44. The number of benzene rings is 2. The van der Waals surface area contributed by atoms with Crippen LogP contribution in [0.1, 0.15) is 15.9 Å².